The van der Waals surface area contributed by atoms with Gasteiger partial charge in [0.2, 0.25) is 0 Å². The number of amides is 3. The second-order valence-corrected chi connectivity index (χ2v) is 5.70. The van der Waals surface area contributed by atoms with Gasteiger partial charge in [0, 0.05) is 27.7 Å². The fourth-order valence-electron chi connectivity index (χ4n) is 2.83. The standard InChI is InChI=1S/C15H19N5O2/c1-18(2)14-16-12-11(13(21)17-15(22)19(12)3)20(14)9-10-7-5-4-6-8-10/h4-8,11-12H,9H2,1-3H3,(H,17,21,22). The van der Waals surface area contributed by atoms with E-state index >= 15 is 0 Å². The third-order valence-electron chi connectivity index (χ3n) is 3.93. The molecule has 2 unspecified atom stereocenters. The fourth-order valence-corrected chi connectivity index (χ4v) is 2.83. The van der Waals surface area contributed by atoms with E-state index in [1.54, 1.807) is 7.05 Å². The summed E-state index contributed by atoms with van der Waals surface area (Å²) < 4.78 is 0. The molecule has 1 fully saturated rings. The predicted octanol–water partition coefficient (Wildman–Crippen LogP) is 0.296. The second kappa shape index (κ2) is 5.32. The average molecular weight is 301 g/mol. The Labute approximate surface area is 129 Å². The van der Waals surface area contributed by atoms with Crippen molar-refractivity contribution in [3.05, 3.63) is 35.9 Å². The number of imide groups is 1. The molecule has 22 heavy (non-hydrogen) atoms. The molecular weight excluding hydrogens is 282 g/mol. The van der Waals surface area contributed by atoms with E-state index < -0.39 is 18.2 Å². The van der Waals surface area contributed by atoms with Gasteiger partial charge in [-0.1, -0.05) is 30.3 Å². The Hall–Kier alpha value is -2.57. The summed E-state index contributed by atoms with van der Waals surface area (Å²) in [4.78, 5) is 34.0. The number of hydrogen-bond donors (Lipinski definition) is 1. The first-order valence-corrected chi connectivity index (χ1v) is 7.12. The molecule has 0 spiro atoms. The van der Waals surface area contributed by atoms with Crippen molar-refractivity contribution in [2.45, 2.75) is 18.8 Å². The maximum absolute atomic E-state index is 12.3. The number of guanidine groups is 1. The monoisotopic (exact) mass is 301 g/mol. The van der Waals surface area contributed by atoms with Crippen molar-refractivity contribution in [1.29, 1.82) is 0 Å². The molecule has 2 atom stereocenters. The molecule has 1 saturated heterocycles. The predicted molar refractivity (Wildman–Crippen MR) is 82.0 cm³/mol. The number of likely N-dealkylation sites (N-methyl/N-ethyl adjacent to an activating group) is 1. The van der Waals surface area contributed by atoms with Gasteiger partial charge in [0.25, 0.3) is 5.91 Å². The number of carbonyl (C=O) groups excluding carboxylic acids is 2. The third kappa shape index (κ3) is 2.28. The summed E-state index contributed by atoms with van der Waals surface area (Å²) in [6.45, 7) is 0.564. The van der Waals surface area contributed by atoms with E-state index in [2.05, 4.69) is 10.3 Å². The quantitative estimate of drug-likeness (QED) is 0.853. The van der Waals surface area contributed by atoms with E-state index in [-0.39, 0.29) is 5.91 Å². The van der Waals surface area contributed by atoms with Gasteiger partial charge in [0.15, 0.2) is 18.2 Å². The fraction of sp³-hybridized carbons (Fsp3) is 0.400. The first-order valence-electron chi connectivity index (χ1n) is 7.12. The summed E-state index contributed by atoms with van der Waals surface area (Å²) in [6, 6.07) is 9.00. The Morgan fingerprint density at radius 3 is 2.55 bits per heavy atom. The van der Waals surface area contributed by atoms with Crippen LogP contribution in [-0.2, 0) is 11.3 Å². The van der Waals surface area contributed by atoms with Crippen LogP contribution >= 0.6 is 0 Å². The SMILES string of the molecule is CN(C)C1=NC2C(C(=O)NC(=O)N2C)N1Cc1ccccc1. The summed E-state index contributed by atoms with van der Waals surface area (Å²) in [5.74, 6) is 0.403. The van der Waals surface area contributed by atoms with Gasteiger partial charge >= 0.3 is 6.03 Å². The van der Waals surface area contributed by atoms with Crippen LogP contribution in [-0.4, -0.2) is 65.9 Å². The molecule has 1 N–H and O–H groups in total. The molecule has 0 saturated carbocycles. The lowest BCUT2D eigenvalue weighted by atomic mass is 10.1. The van der Waals surface area contributed by atoms with Crippen molar-refractivity contribution in [2.24, 2.45) is 4.99 Å². The Bertz CT molecular complexity index is 628. The molecule has 3 amide bonds. The van der Waals surface area contributed by atoms with Crippen LogP contribution in [0.1, 0.15) is 5.56 Å². The molecule has 0 aromatic heterocycles. The number of rotatable bonds is 2. The number of nitrogens with one attached hydrogen (secondary N) is 1. The zero-order chi connectivity index (χ0) is 15.9. The Kier molecular flexibility index (Phi) is 3.48. The molecule has 0 radical (unpaired) electrons. The lowest BCUT2D eigenvalue weighted by molar-refractivity contribution is -0.127. The molecule has 2 aliphatic rings. The van der Waals surface area contributed by atoms with Gasteiger partial charge in [0.05, 0.1) is 0 Å². The first kappa shape index (κ1) is 14.4. The normalized spacial score (nSPS) is 24.0. The lowest BCUT2D eigenvalue weighted by Gasteiger charge is -2.36. The molecule has 7 nitrogen and oxygen atoms in total. The van der Waals surface area contributed by atoms with Gasteiger partial charge < -0.3 is 14.7 Å². The second-order valence-electron chi connectivity index (χ2n) is 5.70. The zero-order valence-electron chi connectivity index (χ0n) is 12.9. The molecule has 0 aliphatic carbocycles. The highest BCUT2D eigenvalue weighted by Gasteiger charge is 2.48. The van der Waals surface area contributed by atoms with Crippen LogP contribution in [0.2, 0.25) is 0 Å². The van der Waals surface area contributed by atoms with Crippen LogP contribution in [0.15, 0.2) is 35.3 Å². The topological polar surface area (TPSA) is 68.2 Å². The van der Waals surface area contributed by atoms with E-state index in [0.717, 1.165) is 5.56 Å². The summed E-state index contributed by atoms with van der Waals surface area (Å²) >= 11 is 0. The summed E-state index contributed by atoms with van der Waals surface area (Å²) in [5.41, 5.74) is 1.09. The number of urea groups is 1. The number of carbonyl (C=O) groups is 2. The number of fused-ring (bicyclic) bond motifs is 1. The first-order chi connectivity index (χ1) is 10.5. The third-order valence-corrected chi connectivity index (χ3v) is 3.93. The Morgan fingerprint density at radius 2 is 1.91 bits per heavy atom. The molecule has 0 bridgehead atoms. The van der Waals surface area contributed by atoms with Crippen LogP contribution in [0.3, 0.4) is 0 Å². The minimum absolute atomic E-state index is 0.301. The van der Waals surface area contributed by atoms with E-state index in [9.17, 15) is 9.59 Å². The van der Waals surface area contributed by atoms with Crippen LogP contribution in [0.25, 0.3) is 0 Å². The molecule has 1 aromatic rings. The molecular formula is C15H19N5O2. The number of aliphatic imine (C=N–C) groups is 1. The van der Waals surface area contributed by atoms with Gasteiger partial charge in [-0.05, 0) is 5.56 Å². The smallest absolute Gasteiger partial charge is 0.325 e. The van der Waals surface area contributed by atoms with Crippen molar-refractivity contribution >= 4 is 17.9 Å². The molecule has 7 heteroatoms. The van der Waals surface area contributed by atoms with Crippen molar-refractivity contribution < 1.29 is 9.59 Å². The highest BCUT2D eigenvalue weighted by molar-refractivity contribution is 6.03. The summed E-state index contributed by atoms with van der Waals surface area (Å²) in [5, 5.41) is 2.39. The molecule has 116 valence electrons. The number of benzene rings is 1. The minimum atomic E-state index is -0.500. The van der Waals surface area contributed by atoms with Crippen molar-refractivity contribution in [1.82, 2.24) is 20.0 Å². The number of hydrogen-bond acceptors (Lipinski definition) is 5. The summed E-state index contributed by atoms with van der Waals surface area (Å²) in [7, 11) is 5.42. The zero-order valence-corrected chi connectivity index (χ0v) is 12.9. The van der Waals surface area contributed by atoms with E-state index in [0.29, 0.717) is 12.5 Å². The van der Waals surface area contributed by atoms with Crippen LogP contribution < -0.4 is 5.32 Å². The van der Waals surface area contributed by atoms with E-state index in [1.165, 1.54) is 4.90 Å². The van der Waals surface area contributed by atoms with Crippen molar-refractivity contribution in [2.75, 3.05) is 21.1 Å². The van der Waals surface area contributed by atoms with Crippen LogP contribution in [0.4, 0.5) is 4.79 Å². The van der Waals surface area contributed by atoms with E-state index in [4.69, 9.17) is 0 Å². The van der Waals surface area contributed by atoms with Gasteiger partial charge in [-0.15, -0.1) is 0 Å². The average Bonchev–Trinajstić information content (AvgIpc) is 2.86. The Balaban J connectivity index is 1.94. The summed E-state index contributed by atoms with van der Waals surface area (Å²) in [6.07, 6.45) is -0.484. The largest absolute Gasteiger partial charge is 0.349 e. The molecule has 1 aromatic carbocycles. The van der Waals surface area contributed by atoms with Gasteiger partial charge in [-0.25, -0.2) is 9.79 Å². The van der Waals surface area contributed by atoms with Crippen LogP contribution in [0.5, 0.6) is 0 Å². The minimum Gasteiger partial charge on any atom is -0.349 e. The maximum Gasteiger partial charge on any atom is 0.325 e. The van der Waals surface area contributed by atoms with E-state index in [1.807, 2.05) is 54.2 Å². The molecule has 2 heterocycles. The van der Waals surface area contributed by atoms with Gasteiger partial charge in [0.1, 0.15) is 0 Å². The van der Waals surface area contributed by atoms with Gasteiger partial charge in [-0.3, -0.25) is 10.1 Å². The van der Waals surface area contributed by atoms with Crippen molar-refractivity contribution in [3.63, 3.8) is 0 Å². The van der Waals surface area contributed by atoms with Gasteiger partial charge in [-0.2, -0.15) is 0 Å². The lowest BCUT2D eigenvalue weighted by Crippen LogP contribution is -2.63. The number of nitrogens with zero attached hydrogens (tertiary/aromatic N) is 4. The van der Waals surface area contributed by atoms with Crippen LogP contribution in [0, 0.1) is 0 Å². The highest BCUT2D eigenvalue weighted by Crippen LogP contribution is 2.26. The van der Waals surface area contributed by atoms with Crippen molar-refractivity contribution in [3.8, 4) is 0 Å². The molecule has 3 rings (SSSR count). The molecule has 2 aliphatic heterocycles. The highest BCUT2D eigenvalue weighted by atomic mass is 16.2. The maximum atomic E-state index is 12.3. The Morgan fingerprint density at radius 1 is 1.23 bits per heavy atom.